The van der Waals surface area contributed by atoms with Crippen molar-refractivity contribution in [3.63, 3.8) is 0 Å². The molecule has 41 heavy (non-hydrogen) atoms. The van der Waals surface area contributed by atoms with E-state index in [-0.39, 0.29) is 6.79 Å². The molecule has 0 aliphatic carbocycles. The predicted octanol–water partition coefficient (Wildman–Crippen LogP) is 10.2. The van der Waals surface area contributed by atoms with Crippen LogP contribution in [0.4, 0.5) is 0 Å². The van der Waals surface area contributed by atoms with Crippen LogP contribution in [0.25, 0.3) is 77.3 Å². The fraction of sp³-hybridized carbons (Fsp3) is 0.0270. The summed E-state index contributed by atoms with van der Waals surface area (Å²) in [6, 6.07) is 41.5. The molecule has 4 heteroatoms. The van der Waals surface area contributed by atoms with E-state index in [2.05, 4.69) is 66.7 Å². The highest BCUT2D eigenvalue weighted by molar-refractivity contribution is 6.13. The van der Waals surface area contributed by atoms with Crippen molar-refractivity contribution in [3.05, 3.63) is 121 Å². The summed E-state index contributed by atoms with van der Waals surface area (Å²) >= 11 is 0. The molecule has 0 spiro atoms. The Balaban J connectivity index is 1.20. The van der Waals surface area contributed by atoms with Gasteiger partial charge in [0.1, 0.15) is 33.8 Å². The van der Waals surface area contributed by atoms with Gasteiger partial charge >= 0.3 is 0 Å². The number of furan rings is 2. The molecule has 0 amide bonds. The minimum absolute atomic E-state index is 0.140. The Morgan fingerprint density at radius 1 is 0.415 bits per heavy atom. The van der Waals surface area contributed by atoms with E-state index in [1.807, 2.05) is 54.6 Å². The molecule has 3 heterocycles. The van der Waals surface area contributed by atoms with Crippen molar-refractivity contribution in [1.29, 1.82) is 0 Å². The van der Waals surface area contributed by atoms with Crippen LogP contribution in [-0.4, -0.2) is 6.79 Å². The molecule has 1 aliphatic rings. The van der Waals surface area contributed by atoms with Crippen LogP contribution >= 0.6 is 0 Å². The van der Waals surface area contributed by atoms with Crippen LogP contribution in [0.2, 0.25) is 0 Å². The van der Waals surface area contributed by atoms with E-state index < -0.39 is 0 Å². The highest BCUT2D eigenvalue weighted by Crippen LogP contribution is 2.45. The molecule has 8 aromatic rings. The normalized spacial score (nSPS) is 12.7. The Morgan fingerprint density at radius 3 is 2.02 bits per heavy atom. The van der Waals surface area contributed by atoms with Crippen molar-refractivity contribution in [1.82, 2.24) is 0 Å². The number of benzene rings is 6. The van der Waals surface area contributed by atoms with E-state index >= 15 is 0 Å². The molecule has 4 nitrogen and oxygen atoms in total. The highest BCUT2D eigenvalue weighted by atomic mass is 16.7. The van der Waals surface area contributed by atoms with E-state index in [1.165, 1.54) is 0 Å². The van der Waals surface area contributed by atoms with E-state index in [9.17, 15) is 0 Å². The number of hydrogen-bond acceptors (Lipinski definition) is 4. The van der Waals surface area contributed by atoms with E-state index in [0.717, 1.165) is 88.8 Å². The van der Waals surface area contributed by atoms with Crippen molar-refractivity contribution >= 4 is 43.9 Å². The summed E-state index contributed by atoms with van der Waals surface area (Å²) in [6.45, 7) is 0.140. The lowest BCUT2D eigenvalue weighted by Crippen LogP contribution is -2.03. The van der Waals surface area contributed by atoms with E-state index in [0.29, 0.717) is 0 Å². The molecular weight excluding hydrogens is 508 g/mol. The minimum atomic E-state index is 0.140. The quantitative estimate of drug-likeness (QED) is 0.223. The molecule has 0 bridgehead atoms. The largest absolute Gasteiger partial charge is 0.457 e. The summed E-state index contributed by atoms with van der Waals surface area (Å²) in [6.07, 6.45) is 0. The second kappa shape index (κ2) is 8.51. The maximum absolute atomic E-state index is 6.34. The molecular formula is C37H22O4. The zero-order valence-corrected chi connectivity index (χ0v) is 21.9. The smallest absolute Gasteiger partial charge is 0.230 e. The first-order valence-electron chi connectivity index (χ1n) is 13.7. The third-order valence-corrected chi connectivity index (χ3v) is 8.11. The lowest BCUT2D eigenvalue weighted by atomic mass is 9.94. The number of para-hydroxylation sites is 3. The fourth-order valence-electron chi connectivity index (χ4n) is 6.21. The van der Waals surface area contributed by atoms with Gasteiger partial charge in [-0.3, -0.25) is 0 Å². The summed E-state index contributed by atoms with van der Waals surface area (Å²) in [5, 5.41) is 4.44. The molecule has 0 radical (unpaired) electrons. The first-order chi connectivity index (χ1) is 20.3. The van der Waals surface area contributed by atoms with Gasteiger partial charge in [-0.05, 0) is 59.2 Å². The van der Waals surface area contributed by atoms with Gasteiger partial charge in [0.25, 0.3) is 0 Å². The SMILES string of the molecule is c1ccc2c(c1)oc1c(-c3ccc4c(c3)-c3ccc(-c5cccc6oc7ccccc7c56)cc3OCO4)cccc12. The molecule has 0 saturated heterocycles. The Kier molecular flexibility index (Phi) is 4.64. The monoisotopic (exact) mass is 530 g/mol. The van der Waals surface area contributed by atoms with Crippen molar-refractivity contribution in [2.75, 3.05) is 6.79 Å². The van der Waals surface area contributed by atoms with Crippen LogP contribution in [-0.2, 0) is 0 Å². The van der Waals surface area contributed by atoms with Gasteiger partial charge in [-0.25, -0.2) is 0 Å². The van der Waals surface area contributed by atoms with Crippen molar-refractivity contribution in [2.24, 2.45) is 0 Å². The van der Waals surface area contributed by atoms with Gasteiger partial charge in [-0.2, -0.15) is 0 Å². The van der Waals surface area contributed by atoms with E-state index in [4.69, 9.17) is 18.3 Å². The highest BCUT2D eigenvalue weighted by Gasteiger charge is 2.21. The molecule has 6 aromatic carbocycles. The van der Waals surface area contributed by atoms with E-state index in [1.54, 1.807) is 0 Å². The standard InChI is InChI=1S/C37H22O4/c1-3-12-32-26(7-1)28-11-5-10-25(37(28)41-32)22-16-18-31-30(19-22)27-17-15-23(20-35(27)39-21-38-31)24-9-6-14-34-36(24)29-8-2-4-13-33(29)40-34/h1-20H,21H2. The summed E-state index contributed by atoms with van der Waals surface area (Å²) < 4.78 is 24.7. The topological polar surface area (TPSA) is 44.7 Å². The summed E-state index contributed by atoms with van der Waals surface area (Å²) in [5.41, 5.74) is 9.78. The summed E-state index contributed by atoms with van der Waals surface area (Å²) in [7, 11) is 0. The average Bonchev–Trinajstić information content (AvgIpc) is 3.54. The maximum atomic E-state index is 6.34. The first-order valence-corrected chi connectivity index (χ1v) is 13.7. The predicted molar refractivity (Wildman–Crippen MR) is 163 cm³/mol. The maximum Gasteiger partial charge on any atom is 0.230 e. The molecule has 0 unspecified atom stereocenters. The molecule has 9 rings (SSSR count). The van der Waals surface area contributed by atoms with Crippen LogP contribution in [0.1, 0.15) is 0 Å². The molecule has 1 aliphatic heterocycles. The third-order valence-electron chi connectivity index (χ3n) is 8.11. The van der Waals surface area contributed by atoms with Gasteiger partial charge in [0.15, 0.2) is 0 Å². The Hall–Kier alpha value is -5.48. The Labute approximate surface area is 235 Å². The minimum Gasteiger partial charge on any atom is -0.457 e. The zero-order chi connectivity index (χ0) is 26.9. The number of rotatable bonds is 2. The third kappa shape index (κ3) is 3.34. The second-order valence-corrected chi connectivity index (χ2v) is 10.4. The van der Waals surface area contributed by atoms with Crippen LogP contribution in [0.15, 0.2) is 130 Å². The molecule has 0 N–H and O–H groups in total. The number of fused-ring (bicyclic) bond motifs is 9. The zero-order valence-electron chi connectivity index (χ0n) is 21.9. The van der Waals surface area contributed by atoms with Gasteiger partial charge < -0.3 is 18.3 Å². The van der Waals surface area contributed by atoms with Gasteiger partial charge in [0.05, 0.1) is 0 Å². The van der Waals surface area contributed by atoms with Crippen molar-refractivity contribution < 1.29 is 18.3 Å². The molecule has 2 aromatic heterocycles. The van der Waals surface area contributed by atoms with Gasteiger partial charge in [0, 0.05) is 38.2 Å². The lowest BCUT2D eigenvalue weighted by molar-refractivity contribution is 0.125. The Morgan fingerprint density at radius 2 is 1.10 bits per heavy atom. The summed E-state index contributed by atoms with van der Waals surface area (Å²) in [5.74, 6) is 1.57. The molecule has 0 fully saturated rings. The number of ether oxygens (including phenoxy) is 2. The Bertz CT molecular complexity index is 2300. The van der Waals surface area contributed by atoms with Crippen LogP contribution in [0.5, 0.6) is 11.5 Å². The molecule has 0 atom stereocenters. The van der Waals surface area contributed by atoms with Gasteiger partial charge in [-0.15, -0.1) is 0 Å². The van der Waals surface area contributed by atoms with Gasteiger partial charge in [0.2, 0.25) is 6.79 Å². The number of hydrogen-bond donors (Lipinski definition) is 0. The van der Waals surface area contributed by atoms with Crippen molar-refractivity contribution in [3.8, 4) is 44.9 Å². The van der Waals surface area contributed by atoms with Crippen LogP contribution in [0.3, 0.4) is 0 Å². The average molecular weight is 531 g/mol. The fourth-order valence-corrected chi connectivity index (χ4v) is 6.21. The second-order valence-electron chi connectivity index (χ2n) is 10.4. The molecule has 0 saturated carbocycles. The van der Waals surface area contributed by atoms with Crippen LogP contribution < -0.4 is 9.47 Å². The van der Waals surface area contributed by atoms with Gasteiger partial charge in [-0.1, -0.05) is 78.9 Å². The first kappa shape index (κ1) is 22.3. The molecule has 194 valence electrons. The van der Waals surface area contributed by atoms with Crippen molar-refractivity contribution in [2.45, 2.75) is 0 Å². The summed E-state index contributed by atoms with van der Waals surface area (Å²) in [4.78, 5) is 0. The lowest BCUT2D eigenvalue weighted by Gasteiger charge is -2.12. The van der Waals surface area contributed by atoms with Crippen LogP contribution in [0, 0.1) is 0 Å².